The van der Waals surface area contributed by atoms with Gasteiger partial charge in [-0.2, -0.15) is 0 Å². The lowest BCUT2D eigenvalue weighted by molar-refractivity contribution is -0.113. The van der Waals surface area contributed by atoms with E-state index >= 15 is 0 Å². The second-order valence-corrected chi connectivity index (χ2v) is 6.32. The highest BCUT2D eigenvalue weighted by molar-refractivity contribution is 8.00. The first-order valence-corrected chi connectivity index (χ1v) is 7.78. The highest BCUT2D eigenvalue weighted by atomic mass is 32.2. The summed E-state index contributed by atoms with van der Waals surface area (Å²) in [6, 6.07) is 7.09. The first kappa shape index (κ1) is 12.8. The molecule has 1 amide bonds. The number of carbonyl (C=O) groups is 1. The smallest absolute Gasteiger partial charge is 0.234 e. The molecule has 1 fully saturated rings. The van der Waals surface area contributed by atoms with Gasteiger partial charge in [-0.25, -0.2) is 0 Å². The molecule has 102 valence electrons. The van der Waals surface area contributed by atoms with Gasteiger partial charge in [0.15, 0.2) is 0 Å². The zero-order chi connectivity index (χ0) is 13.2. The lowest BCUT2D eigenvalue weighted by Gasteiger charge is -2.28. The molecule has 5 heteroatoms. The molecule has 1 aliphatic heterocycles. The Morgan fingerprint density at radius 1 is 1.26 bits per heavy atom. The number of rotatable bonds is 2. The average molecular weight is 277 g/mol. The van der Waals surface area contributed by atoms with Crippen LogP contribution in [0.25, 0.3) is 0 Å². The van der Waals surface area contributed by atoms with Crippen molar-refractivity contribution in [2.75, 3.05) is 16.4 Å². The molecule has 1 aromatic rings. The van der Waals surface area contributed by atoms with Crippen molar-refractivity contribution in [1.82, 2.24) is 0 Å². The highest BCUT2D eigenvalue weighted by Gasteiger charge is 2.19. The molecule has 19 heavy (non-hydrogen) atoms. The third-order valence-corrected chi connectivity index (χ3v) is 4.83. The van der Waals surface area contributed by atoms with Gasteiger partial charge in [0.1, 0.15) is 0 Å². The van der Waals surface area contributed by atoms with Gasteiger partial charge < -0.3 is 16.4 Å². The minimum absolute atomic E-state index is 0.0817. The van der Waals surface area contributed by atoms with Crippen molar-refractivity contribution in [2.45, 2.75) is 42.7 Å². The summed E-state index contributed by atoms with van der Waals surface area (Å²) in [6.07, 6.45) is 4.43. The summed E-state index contributed by atoms with van der Waals surface area (Å²) in [7, 11) is 0. The minimum atomic E-state index is 0.0817. The molecule has 0 aromatic heterocycles. The van der Waals surface area contributed by atoms with Crippen molar-refractivity contribution >= 4 is 29.0 Å². The molecule has 4 N–H and O–H groups in total. The van der Waals surface area contributed by atoms with Crippen LogP contribution >= 0.6 is 11.8 Å². The number of fused-ring (bicyclic) bond motifs is 1. The molecule has 1 aromatic carbocycles. The third kappa shape index (κ3) is 3.04. The molecule has 4 nitrogen and oxygen atoms in total. The number of nitrogens with two attached hydrogens (primary N) is 1. The van der Waals surface area contributed by atoms with E-state index in [0.29, 0.717) is 17.8 Å². The molecule has 2 aliphatic rings. The maximum absolute atomic E-state index is 11.4. The summed E-state index contributed by atoms with van der Waals surface area (Å²) in [5.74, 6) is 0.596. The van der Waals surface area contributed by atoms with Gasteiger partial charge in [0.2, 0.25) is 5.91 Å². The van der Waals surface area contributed by atoms with E-state index in [1.165, 1.54) is 0 Å². The van der Waals surface area contributed by atoms with Crippen molar-refractivity contribution in [2.24, 2.45) is 5.73 Å². The number of benzene rings is 1. The van der Waals surface area contributed by atoms with Crippen LogP contribution in [0.2, 0.25) is 0 Å². The van der Waals surface area contributed by atoms with E-state index in [0.717, 1.165) is 42.0 Å². The van der Waals surface area contributed by atoms with Gasteiger partial charge in [-0.05, 0) is 43.9 Å². The fourth-order valence-electron chi connectivity index (χ4n) is 2.67. The number of anilines is 2. The number of nitrogens with one attached hydrogen (secondary N) is 2. The van der Waals surface area contributed by atoms with Gasteiger partial charge in [0.25, 0.3) is 0 Å². The molecule has 1 heterocycles. The lowest BCUT2D eigenvalue weighted by Crippen LogP contribution is -2.32. The van der Waals surface area contributed by atoms with Gasteiger partial charge in [-0.1, -0.05) is 0 Å². The van der Waals surface area contributed by atoms with Gasteiger partial charge in [-0.3, -0.25) is 4.79 Å². The van der Waals surface area contributed by atoms with Gasteiger partial charge in [0.05, 0.1) is 11.4 Å². The molecule has 1 saturated carbocycles. The summed E-state index contributed by atoms with van der Waals surface area (Å²) in [5.41, 5.74) is 7.93. The molecule has 3 rings (SSSR count). The van der Waals surface area contributed by atoms with Crippen LogP contribution in [0, 0.1) is 0 Å². The number of hydrogen-bond donors (Lipinski definition) is 3. The maximum atomic E-state index is 11.4. The lowest BCUT2D eigenvalue weighted by atomic mass is 9.91. The normalized spacial score (nSPS) is 26.5. The predicted octanol–water partition coefficient (Wildman–Crippen LogP) is 2.41. The Bertz CT molecular complexity index is 484. The van der Waals surface area contributed by atoms with E-state index in [1.54, 1.807) is 11.8 Å². The van der Waals surface area contributed by atoms with Crippen LogP contribution < -0.4 is 16.4 Å². The van der Waals surface area contributed by atoms with Gasteiger partial charge in [0, 0.05) is 22.7 Å². The standard InChI is InChI=1S/C14H19N3OS/c15-9-1-3-10(4-2-9)16-11-5-6-13-12(7-11)17-14(18)8-19-13/h5-7,9-10,16H,1-4,8,15H2,(H,17,18). The monoisotopic (exact) mass is 277 g/mol. The van der Waals surface area contributed by atoms with E-state index in [2.05, 4.69) is 22.8 Å². The van der Waals surface area contributed by atoms with Crippen molar-refractivity contribution < 1.29 is 4.79 Å². The van der Waals surface area contributed by atoms with E-state index in [1.807, 2.05) is 6.07 Å². The molecular formula is C14H19N3OS. The topological polar surface area (TPSA) is 67.2 Å². The Kier molecular flexibility index (Phi) is 3.66. The third-order valence-electron chi connectivity index (χ3n) is 3.76. The molecule has 0 unspecified atom stereocenters. The molecule has 0 spiro atoms. The maximum Gasteiger partial charge on any atom is 0.234 e. The Hall–Kier alpha value is -1.20. The molecule has 0 radical (unpaired) electrons. The number of thioether (sulfide) groups is 1. The summed E-state index contributed by atoms with van der Waals surface area (Å²) in [5, 5.41) is 6.48. The van der Waals surface area contributed by atoms with Gasteiger partial charge in [-0.15, -0.1) is 11.8 Å². The largest absolute Gasteiger partial charge is 0.382 e. The van der Waals surface area contributed by atoms with Crippen molar-refractivity contribution in [1.29, 1.82) is 0 Å². The fourth-order valence-corrected chi connectivity index (χ4v) is 3.46. The zero-order valence-corrected chi connectivity index (χ0v) is 11.6. The SMILES string of the molecule is NC1CCC(Nc2ccc3c(c2)NC(=O)CS3)CC1. The van der Waals surface area contributed by atoms with E-state index in [4.69, 9.17) is 5.73 Å². The zero-order valence-electron chi connectivity index (χ0n) is 10.8. The van der Waals surface area contributed by atoms with Crippen LogP contribution in [0.15, 0.2) is 23.1 Å². The van der Waals surface area contributed by atoms with Crippen LogP contribution in [0.1, 0.15) is 25.7 Å². The van der Waals surface area contributed by atoms with Crippen molar-refractivity contribution in [3.05, 3.63) is 18.2 Å². The summed E-state index contributed by atoms with van der Waals surface area (Å²) < 4.78 is 0. The quantitative estimate of drug-likeness (QED) is 0.776. The molecule has 0 atom stereocenters. The van der Waals surface area contributed by atoms with Crippen molar-refractivity contribution in [3.63, 3.8) is 0 Å². The highest BCUT2D eigenvalue weighted by Crippen LogP contribution is 2.34. The average Bonchev–Trinajstić information content (AvgIpc) is 2.41. The number of carbonyl (C=O) groups excluding carboxylic acids is 1. The second-order valence-electron chi connectivity index (χ2n) is 5.30. The van der Waals surface area contributed by atoms with Crippen molar-refractivity contribution in [3.8, 4) is 0 Å². The molecule has 0 bridgehead atoms. The fraction of sp³-hybridized carbons (Fsp3) is 0.500. The van der Waals surface area contributed by atoms with Crippen LogP contribution in [0.3, 0.4) is 0 Å². The Morgan fingerprint density at radius 3 is 2.84 bits per heavy atom. The molecule has 1 aliphatic carbocycles. The summed E-state index contributed by atoms with van der Waals surface area (Å²) >= 11 is 1.60. The van der Waals surface area contributed by atoms with Crippen LogP contribution in [-0.2, 0) is 4.79 Å². The molecular weight excluding hydrogens is 258 g/mol. The number of amides is 1. The Morgan fingerprint density at radius 2 is 2.05 bits per heavy atom. The van der Waals surface area contributed by atoms with E-state index < -0.39 is 0 Å². The second kappa shape index (κ2) is 5.43. The van der Waals surface area contributed by atoms with E-state index in [9.17, 15) is 4.79 Å². The Labute approximate surface area is 117 Å². The first-order chi connectivity index (χ1) is 9.20. The predicted molar refractivity (Wildman–Crippen MR) is 79.6 cm³/mol. The summed E-state index contributed by atoms with van der Waals surface area (Å²) in [4.78, 5) is 12.5. The summed E-state index contributed by atoms with van der Waals surface area (Å²) in [6.45, 7) is 0. The van der Waals surface area contributed by atoms with Crippen LogP contribution in [-0.4, -0.2) is 23.7 Å². The van der Waals surface area contributed by atoms with Crippen LogP contribution in [0.4, 0.5) is 11.4 Å². The van der Waals surface area contributed by atoms with Gasteiger partial charge >= 0.3 is 0 Å². The van der Waals surface area contributed by atoms with Crippen LogP contribution in [0.5, 0.6) is 0 Å². The Balaban J connectivity index is 1.68. The first-order valence-electron chi connectivity index (χ1n) is 6.79. The molecule has 0 saturated heterocycles. The minimum Gasteiger partial charge on any atom is -0.382 e. The van der Waals surface area contributed by atoms with E-state index in [-0.39, 0.29) is 5.91 Å². The number of hydrogen-bond acceptors (Lipinski definition) is 4.